The van der Waals surface area contributed by atoms with Gasteiger partial charge in [0.2, 0.25) is 0 Å². The van der Waals surface area contributed by atoms with Gasteiger partial charge in [-0.2, -0.15) is 0 Å². The van der Waals surface area contributed by atoms with Gasteiger partial charge < -0.3 is 15.4 Å². The predicted octanol–water partition coefficient (Wildman–Crippen LogP) is 2.22. The molecule has 0 aromatic heterocycles. The SMILES string of the molecule is CCN(CC)C(N)=NCCC1CCCCO1.I. The van der Waals surface area contributed by atoms with E-state index in [2.05, 4.69) is 23.7 Å². The van der Waals surface area contributed by atoms with Crippen LogP contribution in [0.2, 0.25) is 0 Å². The summed E-state index contributed by atoms with van der Waals surface area (Å²) >= 11 is 0. The van der Waals surface area contributed by atoms with Gasteiger partial charge in [0, 0.05) is 26.2 Å². The first kappa shape index (κ1) is 17.0. The summed E-state index contributed by atoms with van der Waals surface area (Å²) in [7, 11) is 0. The number of guanidine groups is 1. The van der Waals surface area contributed by atoms with Crippen LogP contribution in [0.4, 0.5) is 0 Å². The molecule has 0 saturated carbocycles. The van der Waals surface area contributed by atoms with Gasteiger partial charge in [-0.1, -0.05) is 0 Å². The van der Waals surface area contributed by atoms with E-state index in [1.807, 2.05) is 0 Å². The Bertz CT molecular complexity index is 214. The third kappa shape index (κ3) is 6.45. The molecule has 1 heterocycles. The van der Waals surface area contributed by atoms with Crippen molar-refractivity contribution >= 4 is 29.9 Å². The van der Waals surface area contributed by atoms with E-state index in [0.717, 1.165) is 32.7 Å². The van der Waals surface area contributed by atoms with Crippen LogP contribution >= 0.6 is 24.0 Å². The molecule has 102 valence electrons. The number of halogens is 1. The highest BCUT2D eigenvalue weighted by molar-refractivity contribution is 14.0. The lowest BCUT2D eigenvalue weighted by Gasteiger charge is -2.22. The summed E-state index contributed by atoms with van der Waals surface area (Å²) in [6, 6.07) is 0. The summed E-state index contributed by atoms with van der Waals surface area (Å²) in [4.78, 5) is 6.47. The van der Waals surface area contributed by atoms with Crippen LogP contribution in [-0.2, 0) is 4.74 Å². The van der Waals surface area contributed by atoms with Gasteiger partial charge in [0.15, 0.2) is 5.96 Å². The third-order valence-electron chi connectivity index (χ3n) is 3.09. The Morgan fingerprint density at radius 3 is 2.59 bits per heavy atom. The number of hydrogen-bond acceptors (Lipinski definition) is 2. The van der Waals surface area contributed by atoms with Crippen molar-refractivity contribution in [2.24, 2.45) is 10.7 Å². The second-order valence-corrected chi connectivity index (χ2v) is 4.19. The fourth-order valence-electron chi connectivity index (χ4n) is 2.01. The highest BCUT2D eigenvalue weighted by atomic mass is 127. The number of hydrogen-bond donors (Lipinski definition) is 1. The number of aliphatic imine (C=N–C) groups is 1. The van der Waals surface area contributed by atoms with E-state index in [-0.39, 0.29) is 24.0 Å². The fraction of sp³-hybridized carbons (Fsp3) is 0.917. The summed E-state index contributed by atoms with van der Waals surface area (Å²) in [6.07, 6.45) is 5.09. The minimum atomic E-state index is 0. The highest BCUT2D eigenvalue weighted by Gasteiger charge is 2.13. The maximum Gasteiger partial charge on any atom is 0.191 e. The van der Waals surface area contributed by atoms with Crippen LogP contribution in [0.1, 0.15) is 39.5 Å². The number of rotatable bonds is 5. The lowest BCUT2D eigenvalue weighted by molar-refractivity contribution is 0.0129. The Hall–Kier alpha value is -0.0400. The van der Waals surface area contributed by atoms with Crippen LogP contribution < -0.4 is 5.73 Å². The van der Waals surface area contributed by atoms with Gasteiger partial charge in [-0.05, 0) is 39.5 Å². The van der Waals surface area contributed by atoms with Gasteiger partial charge >= 0.3 is 0 Å². The topological polar surface area (TPSA) is 50.8 Å². The Balaban J connectivity index is 0.00000256. The molecule has 0 bridgehead atoms. The van der Waals surface area contributed by atoms with E-state index in [1.54, 1.807) is 0 Å². The average Bonchev–Trinajstić information content (AvgIpc) is 2.32. The van der Waals surface area contributed by atoms with Gasteiger partial charge in [-0.3, -0.25) is 4.99 Å². The quantitative estimate of drug-likeness (QED) is 0.467. The standard InChI is InChI=1S/C12H25N3O.HI/c1-3-15(4-2)12(13)14-9-8-11-7-5-6-10-16-11;/h11H,3-10H2,1-2H3,(H2,13,14);1H. The zero-order chi connectivity index (χ0) is 11.8. The molecule has 0 aromatic carbocycles. The summed E-state index contributed by atoms with van der Waals surface area (Å²) in [5.41, 5.74) is 5.89. The summed E-state index contributed by atoms with van der Waals surface area (Å²) < 4.78 is 5.65. The number of ether oxygens (including phenoxy) is 1. The van der Waals surface area contributed by atoms with Crippen molar-refractivity contribution in [3.8, 4) is 0 Å². The summed E-state index contributed by atoms with van der Waals surface area (Å²) in [6.45, 7) is 7.73. The molecule has 1 aliphatic heterocycles. The molecular formula is C12H26IN3O. The second kappa shape index (κ2) is 9.94. The van der Waals surface area contributed by atoms with Crippen molar-refractivity contribution in [1.82, 2.24) is 4.90 Å². The molecule has 1 unspecified atom stereocenters. The van der Waals surface area contributed by atoms with Crippen LogP contribution in [0, 0.1) is 0 Å². The Kier molecular flexibility index (Phi) is 9.91. The van der Waals surface area contributed by atoms with Gasteiger partial charge in [0.05, 0.1) is 6.10 Å². The van der Waals surface area contributed by atoms with Crippen molar-refractivity contribution in [2.45, 2.75) is 45.6 Å². The minimum absolute atomic E-state index is 0. The van der Waals surface area contributed by atoms with Crippen molar-refractivity contribution in [1.29, 1.82) is 0 Å². The molecule has 0 aromatic rings. The molecule has 0 radical (unpaired) electrons. The normalized spacial score (nSPS) is 20.8. The van der Waals surface area contributed by atoms with E-state index in [9.17, 15) is 0 Å². The van der Waals surface area contributed by atoms with Crippen molar-refractivity contribution in [2.75, 3.05) is 26.2 Å². The average molecular weight is 355 g/mol. The highest BCUT2D eigenvalue weighted by Crippen LogP contribution is 2.15. The molecule has 0 aliphatic carbocycles. The maximum atomic E-state index is 5.89. The summed E-state index contributed by atoms with van der Waals surface area (Å²) in [5, 5.41) is 0. The van der Waals surface area contributed by atoms with Crippen LogP contribution in [0.15, 0.2) is 4.99 Å². The van der Waals surface area contributed by atoms with Gasteiger partial charge in [0.25, 0.3) is 0 Å². The van der Waals surface area contributed by atoms with Gasteiger partial charge in [-0.25, -0.2) is 0 Å². The Labute approximate surface area is 122 Å². The van der Waals surface area contributed by atoms with E-state index in [1.165, 1.54) is 19.3 Å². The second-order valence-electron chi connectivity index (χ2n) is 4.19. The van der Waals surface area contributed by atoms with E-state index in [4.69, 9.17) is 10.5 Å². The first-order valence-corrected chi connectivity index (χ1v) is 6.44. The third-order valence-corrected chi connectivity index (χ3v) is 3.09. The Morgan fingerprint density at radius 2 is 2.06 bits per heavy atom. The van der Waals surface area contributed by atoms with Gasteiger partial charge in [0.1, 0.15) is 0 Å². The molecule has 1 saturated heterocycles. The van der Waals surface area contributed by atoms with E-state index < -0.39 is 0 Å². The molecule has 2 N–H and O–H groups in total. The maximum absolute atomic E-state index is 5.89. The van der Waals surface area contributed by atoms with Gasteiger partial charge in [-0.15, -0.1) is 24.0 Å². The van der Waals surface area contributed by atoms with Crippen LogP contribution in [0.3, 0.4) is 0 Å². The molecule has 0 spiro atoms. The summed E-state index contributed by atoms with van der Waals surface area (Å²) in [5.74, 6) is 0.667. The smallest absolute Gasteiger partial charge is 0.191 e. The molecule has 1 atom stereocenters. The molecular weight excluding hydrogens is 329 g/mol. The molecule has 4 nitrogen and oxygen atoms in total. The largest absolute Gasteiger partial charge is 0.378 e. The first-order valence-electron chi connectivity index (χ1n) is 6.44. The number of nitrogens with two attached hydrogens (primary N) is 1. The molecule has 0 amide bonds. The van der Waals surface area contributed by atoms with Crippen molar-refractivity contribution in [3.63, 3.8) is 0 Å². The zero-order valence-corrected chi connectivity index (χ0v) is 13.4. The number of nitrogens with zero attached hydrogens (tertiary/aromatic N) is 2. The van der Waals surface area contributed by atoms with Crippen LogP contribution in [0.25, 0.3) is 0 Å². The van der Waals surface area contributed by atoms with Crippen molar-refractivity contribution in [3.05, 3.63) is 0 Å². The molecule has 5 heteroatoms. The van der Waals surface area contributed by atoms with Crippen molar-refractivity contribution < 1.29 is 4.74 Å². The molecule has 1 aliphatic rings. The molecule has 17 heavy (non-hydrogen) atoms. The Morgan fingerprint density at radius 1 is 1.35 bits per heavy atom. The first-order chi connectivity index (χ1) is 7.77. The van der Waals surface area contributed by atoms with E-state index in [0.29, 0.717) is 12.1 Å². The van der Waals surface area contributed by atoms with Crippen LogP contribution in [0.5, 0.6) is 0 Å². The lowest BCUT2D eigenvalue weighted by Crippen LogP contribution is -2.37. The zero-order valence-electron chi connectivity index (χ0n) is 11.0. The predicted molar refractivity (Wildman–Crippen MR) is 83.0 cm³/mol. The monoisotopic (exact) mass is 355 g/mol. The fourth-order valence-corrected chi connectivity index (χ4v) is 2.01. The van der Waals surface area contributed by atoms with Crippen LogP contribution in [-0.4, -0.2) is 43.2 Å². The minimum Gasteiger partial charge on any atom is -0.378 e. The van der Waals surface area contributed by atoms with E-state index >= 15 is 0 Å². The molecule has 1 rings (SSSR count). The lowest BCUT2D eigenvalue weighted by atomic mass is 10.1. The molecule has 1 fully saturated rings.